The molecule has 0 aliphatic carbocycles. The van der Waals surface area contributed by atoms with E-state index in [1.807, 2.05) is 81.4 Å². The molecule has 1 aliphatic heterocycles. The Morgan fingerprint density at radius 1 is 0.933 bits per heavy atom. The topological polar surface area (TPSA) is 134 Å². The fourth-order valence-corrected chi connectivity index (χ4v) is 5.43. The number of aromatic amines is 1. The van der Waals surface area contributed by atoms with E-state index in [1.165, 1.54) is 0 Å². The van der Waals surface area contributed by atoms with Crippen molar-refractivity contribution in [1.29, 1.82) is 0 Å². The van der Waals surface area contributed by atoms with Crippen molar-refractivity contribution in [3.63, 3.8) is 0 Å². The number of anilines is 4. The summed E-state index contributed by atoms with van der Waals surface area (Å²) in [6.07, 6.45) is 0.380. The minimum atomic E-state index is -0.615. The van der Waals surface area contributed by atoms with Crippen LogP contribution < -0.4 is 21.3 Å². The number of H-pyrrole nitrogens is 1. The molecule has 234 valence electrons. The Hall–Kier alpha value is -5.16. The SMILES string of the molecule is CCC(=O)Nc1ccc(C(=O)Nc2cccc(Nc3n[nH]c4c3CN(C(=O)NC(CN(C)C)c3ccccc3)C4(C)C)c2)cc1. The predicted octanol–water partition coefficient (Wildman–Crippen LogP) is 5.82. The van der Waals surface area contributed by atoms with Crippen molar-refractivity contribution in [2.75, 3.05) is 36.6 Å². The van der Waals surface area contributed by atoms with Crippen LogP contribution in [0.1, 0.15) is 60.4 Å². The summed E-state index contributed by atoms with van der Waals surface area (Å²) in [5.74, 6) is 0.262. The molecule has 0 saturated heterocycles. The van der Waals surface area contributed by atoms with Crippen molar-refractivity contribution in [3.05, 3.63) is 101 Å². The Balaban J connectivity index is 1.26. The van der Waals surface area contributed by atoms with E-state index in [1.54, 1.807) is 37.3 Å². The first-order valence-corrected chi connectivity index (χ1v) is 15.0. The van der Waals surface area contributed by atoms with Crippen LogP contribution in [-0.4, -0.2) is 58.5 Å². The highest BCUT2D eigenvalue weighted by atomic mass is 16.2. The molecule has 1 atom stereocenters. The maximum absolute atomic E-state index is 13.7. The second-order valence-corrected chi connectivity index (χ2v) is 11.9. The van der Waals surface area contributed by atoms with Gasteiger partial charge < -0.3 is 31.1 Å². The standard InChI is InChI=1S/C34H40N8O3/c1-6-29(43)35-24-17-15-23(16-18-24)32(44)37-26-14-10-13-25(19-26)36-31-27-20-42(34(2,3)30(27)39-40-31)33(45)38-28(21-41(4)5)22-11-8-7-9-12-22/h7-19,28H,6,20-21H2,1-5H3,(H,35,43)(H,37,44)(H,38,45)(H2,36,39,40). The normalized spacial score (nSPS) is 14.0. The molecule has 11 nitrogen and oxygen atoms in total. The average Bonchev–Trinajstić information content (AvgIpc) is 3.54. The fraction of sp³-hybridized carbons (Fsp3) is 0.294. The van der Waals surface area contributed by atoms with Crippen molar-refractivity contribution in [2.24, 2.45) is 0 Å². The van der Waals surface area contributed by atoms with Crippen LogP contribution in [0.5, 0.6) is 0 Å². The maximum atomic E-state index is 13.7. The van der Waals surface area contributed by atoms with E-state index >= 15 is 0 Å². The first kappa shape index (κ1) is 31.3. The Morgan fingerprint density at radius 3 is 2.33 bits per heavy atom. The van der Waals surface area contributed by atoms with E-state index in [2.05, 4.69) is 36.4 Å². The number of rotatable bonds is 10. The zero-order valence-electron chi connectivity index (χ0n) is 26.3. The van der Waals surface area contributed by atoms with Gasteiger partial charge in [0.05, 0.1) is 23.8 Å². The summed E-state index contributed by atoms with van der Waals surface area (Å²) in [5.41, 5.74) is 4.65. The highest BCUT2D eigenvalue weighted by Gasteiger charge is 2.44. The lowest BCUT2D eigenvalue weighted by Crippen LogP contribution is -2.48. The summed E-state index contributed by atoms with van der Waals surface area (Å²) >= 11 is 0. The zero-order chi connectivity index (χ0) is 32.1. The van der Waals surface area contributed by atoms with Crippen LogP contribution in [0, 0.1) is 0 Å². The van der Waals surface area contributed by atoms with Gasteiger partial charge in [-0.2, -0.15) is 5.10 Å². The third-order valence-corrected chi connectivity index (χ3v) is 7.90. The highest BCUT2D eigenvalue weighted by Crippen LogP contribution is 2.41. The van der Waals surface area contributed by atoms with Gasteiger partial charge in [-0.1, -0.05) is 43.3 Å². The predicted molar refractivity (Wildman–Crippen MR) is 176 cm³/mol. The quantitative estimate of drug-likeness (QED) is 0.154. The van der Waals surface area contributed by atoms with Gasteiger partial charge in [0.1, 0.15) is 0 Å². The van der Waals surface area contributed by atoms with Crippen LogP contribution in [0.3, 0.4) is 0 Å². The number of nitrogens with zero attached hydrogens (tertiary/aromatic N) is 3. The molecule has 2 heterocycles. The number of fused-ring (bicyclic) bond motifs is 1. The second kappa shape index (κ2) is 13.2. The molecular formula is C34H40N8O3. The number of amides is 4. The Morgan fingerprint density at radius 2 is 1.64 bits per heavy atom. The van der Waals surface area contributed by atoms with Crippen LogP contribution in [0.15, 0.2) is 78.9 Å². The average molecular weight is 609 g/mol. The molecule has 11 heteroatoms. The van der Waals surface area contributed by atoms with Gasteiger partial charge in [-0.15, -0.1) is 0 Å². The van der Waals surface area contributed by atoms with Gasteiger partial charge in [0, 0.05) is 41.2 Å². The molecule has 45 heavy (non-hydrogen) atoms. The van der Waals surface area contributed by atoms with Gasteiger partial charge in [-0.25, -0.2) is 4.79 Å². The molecule has 0 spiro atoms. The number of benzene rings is 3. The van der Waals surface area contributed by atoms with Gasteiger partial charge in [0.25, 0.3) is 5.91 Å². The number of hydrogen-bond acceptors (Lipinski definition) is 6. The molecular weight excluding hydrogens is 568 g/mol. The number of urea groups is 1. The maximum Gasteiger partial charge on any atom is 0.319 e. The first-order valence-electron chi connectivity index (χ1n) is 15.0. The van der Waals surface area contributed by atoms with Gasteiger partial charge in [-0.05, 0) is 76.0 Å². The number of nitrogens with one attached hydrogen (secondary N) is 5. The van der Waals surface area contributed by atoms with E-state index in [4.69, 9.17) is 0 Å². The third kappa shape index (κ3) is 7.15. The molecule has 1 aliphatic rings. The van der Waals surface area contributed by atoms with E-state index in [9.17, 15) is 14.4 Å². The van der Waals surface area contributed by atoms with Crippen LogP contribution in [0.4, 0.5) is 27.7 Å². The molecule has 5 rings (SSSR count). The third-order valence-electron chi connectivity index (χ3n) is 7.90. The number of likely N-dealkylation sites (N-methyl/N-ethyl adjacent to an activating group) is 1. The summed E-state index contributed by atoms with van der Waals surface area (Å²) in [7, 11) is 3.98. The molecule has 0 bridgehead atoms. The summed E-state index contributed by atoms with van der Waals surface area (Å²) in [6.45, 7) is 6.83. The summed E-state index contributed by atoms with van der Waals surface area (Å²) in [6, 6.07) is 23.8. The van der Waals surface area contributed by atoms with Gasteiger partial charge in [0.2, 0.25) is 5.91 Å². The van der Waals surface area contributed by atoms with Crippen LogP contribution in [-0.2, 0) is 16.9 Å². The summed E-state index contributed by atoms with van der Waals surface area (Å²) in [5, 5.41) is 20.0. The van der Waals surface area contributed by atoms with Gasteiger partial charge >= 0.3 is 6.03 Å². The molecule has 1 unspecified atom stereocenters. The van der Waals surface area contributed by atoms with Gasteiger partial charge in [0.15, 0.2) is 5.82 Å². The number of carbonyl (C=O) groups excluding carboxylic acids is 3. The monoisotopic (exact) mass is 608 g/mol. The van der Waals surface area contributed by atoms with Crippen molar-refractivity contribution < 1.29 is 14.4 Å². The Bertz CT molecular complexity index is 1660. The van der Waals surface area contributed by atoms with E-state index in [-0.39, 0.29) is 23.9 Å². The smallest absolute Gasteiger partial charge is 0.319 e. The van der Waals surface area contributed by atoms with Crippen molar-refractivity contribution >= 4 is 40.7 Å². The molecule has 0 saturated carbocycles. The van der Waals surface area contributed by atoms with Crippen molar-refractivity contribution in [3.8, 4) is 0 Å². The molecule has 0 radical (unpaired) electrons. The van der Waals surface area contributed by atoms with E-state index in [0.717, 1.165) is 22.5 Å². The van der Waals surface area contributed by atoms with Crippen LogP contribution in [0.25, 0.3) is 0 Å². The lowest BCUT2D eigenvalue weighted by molar-refractivity contribution is -0.115. The molecule has 5 N–H and O–H groups in total. The lowest BCUT2D eigenvalue weighted by atomic mass is 10.0. The highest BCUT2D eigenvalue weighted by molar-refractivity contribution is 6.05. The van der Waals surface area contributed by atoms with Crippen molar-refractivity contribution in [1.82, 2.24) is 25.3 Å². The van der Waals surface area contributed by atoms with Crippen molar-refractivity contribution in [2.45, 2.75) is 45.3 Å². The van der Waals surface area contributed by atoms with Crippen LogP contribution >= 0.6 is 0 Å². The zero-order valence-corrected chi connectivity index (χ0v) is 26.3. The number of aromatic nitrogens is 2. The molecule has 0 fully saturated rings. The first-order chi connectivity index (χ1) is 21.5. The largest absolute Gasteiger partial charge is 0.338 e. The summed E-state index contributed by atoms with van der Waals surface area (Å²) in [4.78, 5) is 42.1. The Kier molecular flexibility index (Phi) is 9.19. The Labute approximate surface area is 263 Å². The number of hydrogen-bond donors (Lipinski definition) is 5. The fourth-order valence-electron chi connectivity index (χ4n) is 5.43. The lowest BCUT2D eigenvalue weighted by Gasteiger charge is -2.34. The number of carbonyl (C=O) groups is 3. The summed E-state index contributed by atoms with van der Waals surface area (Å²) < 4.78 is 0. The minimum Gasteiger partial charge on any atom is -0.338 e. The van der Waals surface area contributed by atoms with E-state index in [0.29, 0.717) is 42.3 Å². The van der Waals surface area contributed by atoms with E-state index < -0.39 is 5.54 Å². The molecule has 4 aromatic rings. The van der Waals surface area contributed by atoms with Gasteiger partial charge in [-0.3, -0.25) is 14.7 Å². The molecule has 4 amide bonds. The molecule has 1 aromatic heterocycles. The minimum absolute atomic E-state index is 0.0877. The van der Waals surface area contributed by atoms with Crippen LogP contribution in [0.2, 0.25) is 0 Å². The molecule has 3 aromatic carbocycles. The second-order valence-electron chi connectivity index (χ2n) is 11.9.